The summed E-state index contributed by atoms with van der Waals surface area (Å²) in [5.74, 6) is 1.53. The fraction of sp³-hybridized carbons (Fsp3) is 0.636. The molecule has 0 saturated heterocycles. The molecule has 0 unspecified atom stereocenters. The summed E-state index contributed by atoms with van der Waals surface area (Å²) in [6.07, 6.45) is 2.75. The minimum Gasteiger partial charge on any atom is -0.481 e. The lowest BCUT2D eigenvalue weighted by Gasteiger charge is -2.17. The van der Waals surface area contributed by atoms with Crippen molar-refractivity contribution in [1.29, 1.82) is 0 Å². The maximum Gasteiger partial charge on any atom is 0.219 e. The van der Waals surface area contributed by atoms with Crippen molar-refractivity contribution >= 4 is 0 Å². The van der Waals surface area contributed by atoms with Crippen LogP contribution in [0.4, 0.5) is 0 Å². The molecular formula is C11H18N2O. The molecular weight excluding hydrogens is 176 g/mol. The molecule has 1 heterocycles. The van der Waals surface area contributed by atoms with Gasteiger partial charge in [0, 0.05) is 17.2 Å². The van der Waals surface area contributed by atoms with E-state index in [-0.39, 0.29) is 5.41 Å². The van der Waals surface area contributed by atoms with E-state index in [1.54, 1.807) is 7.11 Å². The van der Waals surface area contributed by atoms with E-state index in [9.17, 15) is 0 Å². The van der Waals surface area contributed by atoms with E-state index in [4.69, 9.17) is 4.74 Å². The zero-order chi connectivity index (χ0) is 10.8. The lowest BCUT2D eigenvalue weighted by molar-refractivity contribution is 0.383. The summed E-state index contributed by atoms with van der Waals surface area (Å²) in [6, 6.07) is 0. The van der Waals surface area contributed by atoms with Crippen LogP contribution >= 0.6 is 0 Å². The lowest BCUT2D eigenvalue weighted by atomic mass is 9.95. The van der Waals surface area contributed by atoms with Gasteiger partial charge >= 0.3 is 0 Å². The number of methoxy groups -OCH3 is 1. The summed E-state index contributed by atoms with van der Waals surface area (Å²) >= 11 is 0. The first kappa shape index (κ1) is 11.0. The Morgan fingerprint density at radius 1 is 1.36 bits per heavy atom. The van der Waals surface area contributed by atoms with E-state index in [2.05, 4.69) is 37.7 Å². The zero-order valence-electron chi connectivity index (χ0n) is 9.59. The molecule has 0 aliphatic rings. The van der Waals surface area contributed by atoms with Gasteiger partial charge in [-0.2, -0.15) is 4.98 Å². The van der Waals surface area contributed by atoms with Gasteiger partial charge in [0.05, 0.1) is 7.11 Å². The first-order valence-electron chi connectivity index (χ1n) is 4.89. The molecule has 1 aromatic rings. The molecule has 3 heteroatoms. The highest BCUT2D eigenvalue weighted by Gasteiger charge is 2.18. The predicted molar refractivity (Wildman–Crippen MR) is 56.7 cm³/mol. The Morgan fingerprint density at radius 2 is 2.00 bits per heavy atom. The van der Waals surface area contributed by atoms with Crippen LogP contribution in [0.1, 0.15) is 39.1 Å². The normalized spacial score (nSPS) is 11.5. The summed E-state index contributed by atoms with van der Waals surface area (Å²) in [4.78, 5) is 8.74. The van der Waals surface area contributed by atoms with Crippen molar-refractivity contribution in [3.8, 4) is 5.88 Å². The second-order valence-electron chi connectivity index (χ2n) is 4.33. The molecule has 0 atom stereocenters. The fourth-order valence-electron chi connectivity index (χ4n) is 1.17. The standard InChI is InChI=1S/C11H18N2O/c1-6-8-7-12-10(11(2,3)4)13-9(8)14-5/h7H,6H2,1-5H3. The summed E-state index contributed by atoms with van der Waals surface area (Å²) in [5.41, 5.74) is 1.03. The van der Waals surface area contributed by atoms with E-state index >= 15 is 0 Å². The monoisotopic (exact) mass is 194 g/mol. The molecule has 0 N–H and O–H groups in total. The van der Waals surface area contributed by atoms with Crippen LogP contribution in [0.25, 0.3) is 0 Å². The van der Waals surface area contributed by atoms with Gasteiger partial charge in [-0.05, 0) is 6.42 Å². The third kappa shape index (κ3) is 2.22. The topological polar surface area (TPSA) is 35.0 Å². The van der Waals surface area contributed by atoms with Gasteiger partial charge in [-0.1, -0.05) is 27.7 Å². The Morgan fingerprint density at radius 3 is 2.43 bits per heavy atom. The number of rotatable bonds is 2. The second kappa shape index (κ2) is 3.95. The smallest absolute Gasteiger partial charge is 0.219 e. The summed E-state index contributed by atoms with van der Waals surface area (Å²) < 4.78 is 5.22. The third-order valence-electron chi connectivity index (χ3n) is 2.07. The van der Waals surface area contributed by atoms with E-state index < -0.39 is 0 Å². The fourth-order valence-corrected chi connectivity index (χ4v) is 1.17. The number of aromatic nitrogens is 2. The van der Waals surface area contributed by atoms with Gasteiger partial charge in [0.25, 0.3) is 0 Å². The predicted octanol–water partition coefficient (Wildman–Crippen LogP) is 2.35. The minimum atomic E-state index is -0.0282. The first-order chi connectivity index (χ1) is 6.49. The van der Waals surface area contributed by atoms with E-state index in [1.807, 2.05) is 6.20 Å². The molecule has 1 aromatic heterocycles. The zero-order valence-corrected chi connectivity index (χ0v) is 9.59. The third-order valence-corrected chi connectivity index (χ3v) is 2.07. The van der Waals surface area contributed by atoms with Crippen LogP contribution in [0.3, 0.4) is 0 Å². The Labute approximate surface area is 85.5 Å². The molecule has 0 amide bonds. The molecule has 0 spiro atoms. The molecule has 1 rings (SSSR count). The van der Waals surface area contributed by atoms with Gasteiger partial charge < -0.3 is 4.74 Å². The molecule has 14 heavy (non-hydrogen) atoms. The van der Waals surface area contributed by atoms with E-state index in [1.165, 1.54) is 0 Å². The van der Waals surface area contributed by atoms with E-state index in [0.29, 0.717) is 5.88 Å². The van der Waals surface area contributed by atoms with Gasteiger partial charge in [0.2, 0.25) is 5.88 Å². The SMILES string of the molecule is CCc1cnc(C(C)(C)C)nc1OC. The van der Waals surface area contributed by atoms with Crippen LogP contribution < -0.4 is 4.74 Å². The van der Waals surface area contributed by atoms with Crippen molar-refractivity contribution < 1.29 is 4.74 Å². The number of hydrogen-bond acceptors (Lipinski definition) is 3. The van der Waals surface area contributed by atoms with Gasteiger partial charge in [-0.25, -0.2) is 4.98 Å². The van der Waals surface area contributed by atoms with Crippen molar-refractivity contribution in [1.82, 2.24) is 9.97 Å². The molecule has 0 aliphatic heterocycles. The van der Waals surface area contributed by atoms with Crippen LogP contribution in [-0.2, 0) is 11.8 Å². The summed E-state index contributed by atoms with van der Waals surface area (Å²) in [6.45, 7) is 8.34. The average molecular weight is 194 g/mol. The van der Waals surface area contributed by atoms with Crippen molar-refractivity contribution in [2.24, 2.45) is 0 Å². The molecule has 0 saturated carbocycles. The largest absolute Gasteiger partial charge is 0.481 e. The Hall–Kier alpha value is -1.12. The number of nitrogens with zero attached hydrogens (tertiary/aromatic N) is 2. The maximum atomic E-state index is 5.22. The summed E-state index contributed by atoms with van der Waals surface area (Å²) in [7, 11) is 1.65. The van der Waals surface area contributed by atoms with Crippen LogP contribution in [-0.4, -0.2) is 17.1 Å². The molecule has 78 valence electrons. The van der Waals surface area contributed by atoms with E-state index in [0.717, 1.165) is 17.8 Å². The van der Waals surface area contributed by atoms with Crippen molar-refractivity contribution in [2.75, 3.05) is 7.11 Å². The maximum absolute atomic E-state index is 5.22. The highest BCUT2D eigenvalue weighted by Crippen LogP contribution is 2.22. The Bertz CT molecular complexity index is 316. The molecule has 0 aliphatic carbocycles. The molecule has 0 aromatic carbocycles. The molecule has 3 nitrogen and oxygen atoms in total. The van der Waals surface area contributed by atoms with Crippen molar-refractivity contribution in [3.63, 3.8) is 0 Å². The van der Waals surface area contributed by atoms with Crippen LogP contribution in [0, 0.1) is 0 Å². The number of ether oxygens (including phenoxy) is 1. The Balaban J connectivity index is 3.14. The van der Waals surface area contributed by atoms with Crippen molar-refractivity contribution in [3.05, 3.63) is 17.6 Å². The van der Waals surface area contributed by atoms with Gasteiger partial charge in [0.1, 0.15) is 5.82 Å². The summed E-state index contributed by atoms with van der Waals surface area (Å²) in [5, 5.41) is 0. The quantitative estimate of drug-likeness (QED) is 0.724. The van der Waals surface area contributed by atoms with Crippen LogP contribution in [0.15, 0.2) is 6.20 Å². The minimum absolute atomic E-state index is 0.0282. The van der Waals surface area contributed by atoms with Gasteiger partial charge in [-0.15, -0.1) is 0 Å². The first-order valence-corrected chi connectivity index (χ1v) is 4.89. The van der Waals surface area contributed by atoms with Crippen LogP contribution in [0.5, 0.6) is 5.88 Å². The van der Waals surface area contributed by atoms with Crippen molar-refractivity contribution in [2.45, 2.75) is 39.5 Å². The molecule has 0 fully saturated rings. The lowest BCUT2D eigenvalue weighted by Crippen LogP contribution is -2.16. The number of hydrogen-bond donors (Lipinski definition) is 0. The highest BCUT2D eigenvalue weighted by molar-refractivity contribution is 5.25. The van der Waals surface area contributed by atoms with Crippen LogP contribution in [0.2, 0.25) is 0 Å². The number of aryl methyl sites for hydroxylation is 1. The highest BCUT2D eigenvalue weighted by atomic mass is 16.5. The van der Waals surface area contributed by atoms with Gasteiger partial charge in [0.15, 0.2) is 0 Å². The average Bonchev–Trinajstić information content (AvgIpc) is 2.15. The molecule has 0 radical (unpaired) electrons. The Kier molecular flexibility index (Phi) is 3.09. The molecule has 0 bridgehead atoms. The van der Waals surface area contributed by atoms with Gasteiger partial charge in [-0.3, -0.25) is 0 Å². The second-order valence-corrected chi connectivity index (χ2v) is 4.33.